The van der Waals surface area contributed by atoms with Crippen molar-refractivity contribution >= 4 is 6.29 Å². The Morgan fingerprint density at radius 3 is 0.774 bits per heavy atom. The van der Waals surface area contributed by atoms with Crippen molar-refractivity contribution in [1.82, 2.24) is 0 Å². The largest absolute Gasteiger partial charge is 0.298 e. The van der Waals surface area contributed by atoms with Gasteiger partial charge in [0.15, 0.2) is 0 Å². The Hall–Kier alpha value is -1.11. The molecule has 0 saturated heterocycles. The molecule has 0 radical (unpaired) electrons. The number of rotatable bonds is 46. The van der Waals surface area contributed by atoms with E-state index in [1.807, 2.05) is 0 Å². The molecule has 0 bridgehead atoms. The lowest BCUT2D eigenvalue weighted by Crippen LogP contribution is -1.88. The van der Waals surface area contributed by atoms with Gasteiger partial charge in [0.25, 0.3) is 0 Å². The van der Waals surface area contributed by atoms with Crippen LogP contribution in [0.4, 0.5) is 0 Å². The number of allylic oxidation sites excluding steroid dienone is 6. The molecular formula is C52H98O. The second-order valence-electron chi connectivity index (χ2n) is 16.9. The fourth-order valence-corrected chi connectivity index (χ4v) is 7.76. The maximum atomic E-state index is 11.5. The SMILES string of the molecule is CCCCCCCC/C=C\CCCCCCCCCCCCCCC/C=C(/C=O)CCCCCCCCCCCCCC/C=C\CCCCCCCC. The molecule has 0 aromatic rings. The smallest absolute Gasteiger partial charge is 0.145 e. The molecule has 0 spiro atoms. The number of hydrogen-bond acceptors (Lipinski definition) is 1. The lowest BCUT2D eigenvalue weighted by Gasteiger charge is -2.04. The van der Waals surface area contributed by atoms with E-state index >= 15 is 0 Å². The van der Waals surface area contributed by atoms with Crippen LogP contribution in [0, 0.1) is 0 Å². The molecule has 0 aromatic carbocycles. The van der Waals surface area contributed by atoms with Crippen molar-refractivity contribution in [2.24, 2.45) is 0 Å². The topological polar surface area (TPSA) is 17.1 Å². The lowest BCUT2D eigenvalue weighted by molar-refractivity contribution is -0.105. The van der Waals surface area contributed by atoms with Gasteiger partial charge in [0.05, 0.1) is 0 Å². The van der Waals surface area contributed by atoms with Crippen LogP contribution in [0.25, 0.3) is 0 Å². The minimum Gasteiger partial charge on any atom is -0.298 e. The fourth-order valence-electron chi connectivity index (χ4n) is 7.76. The average molecular weight is 739 g/mol. The van der Waals surface area contributed by atoms with Crippen molar-refractivity contribution in [2.75, 3.05) is 0 Å². The van der Waals surface area contributed by atoms with E-state index in [-0.39, 0.29) is 0 Å². The number of hydrogen-bond donors (Lipinski definition) is 0. The van der Waals surface area contributed by atoms with Crippen molar-refractivity contribution < 1.29 is 4.79 Å². The maximum Gasteiger partial charge on any atom is 0.145 e. The molecule has 53 heavy (non-hydrogen) atoms. The molecule has 0 rings (SSSR count). The van der Waals surface area contributed by atoms with Gasteiger partial charge in [-0.1, -0.05) is 243 Å². The van der Waals surface area contributed by atoms with Gasteiger partial charge in [-0.25, -0.2) is 0 Å². The van der Waals surface area contributed by atoms with Crippen LogP contribution in [-0.4, -0.2) is 6.29 Å². The van der Waals surface area contributed by atoms with Gasteiger partial charge in [-0.2, -0.15) is 0 Å². The molecule has 0 fully saturated rings. The molecular weight excluding hydrogens is 641 g/mol. The normalized spacial score (nSPS) is 12.2. The monoisotopic (exact) mass is 739 g/mol. The van der Waals surface area contributed by atoms with Gasteiger partial charge in [-0.05, 0) is 82.6 Å². The molecule has 0 aromatic heterocycles. The molecule has 0 aliphatic carbocycles. The van der Waals surface area contributed by atoms with Gasteiger partial charge in [0, 0.05) is 0 Å². The molecule has 1 nitrogen and oxygen atoms in total. The summed E-state index contributed by atoms with van der Waals surface area (Å²) >= 11 is 0. The highest BCUT2D eigenvalue weighted by Gasteiger charge is 1.99. The Balaban J connectivity index is 3.33. The zero-order valence-corrected chi connectivity index (χ0v) is 36.8. The predicted molar refractivity (Wildman–Crippen MR) is 242 cm³/mol. The van der Waals surface area contributed by atoms with Crippen LogP contribution in [0.1, 0.15) is 290 Å². The minimum absolute atomic E-state index is 0.995. The fraction of sp³-hybridized carbons (Fsp3) is 0.865. The first-order valence-electron chi connectivity index (χ1n) is 24.8. The first-order chi connectivity index (χ1) is 26.3. The summed E-state index contributed by atoms with van der Waals surface area (Å²) in [5.74, 6) is 0. The number of aldehydes is 1. The standard InChI is InChI=1S/C52H98O/c1-3-5-7-9-11-13-15-17-19-21-23-25-27-28-30-32-34-36-38-40-42-44-46-48-50-52(51-53)49-47-45-43-41-39-37-35-33-31-29-26-24-22-20-18-16-14-12-10-8-6-4-2/h17-20,50-51H,3-16,21-49H2,1-2H3/b19-17-,20-18-,52-50+. The second kappa shape index (κ2) is 48.9. The summed E-state index contributed by atoms with van der Waals surface area (Å²) in [7, 11) is 0. The third-order valence-electron chi connectivity index (χ3n) is 11.5. The summed E-state index contributed by atoms with van der Waals surface area (Å²) in [6.45, 7) is 4.59. The Labute approximate surface area is 335 Å². The van der Waals surface area contributed by atoms with Crippen LogP contribution >= 0.6 is 0 Å². The van der Waals surface area contributed by atoms with Gasteiger partial charge in [-0.15, -0.1) is 0 Å². The third-order valence-corrected chi connectivity index (χ3v) is 11.5. The highest BCUT2D eigenvalue weighted by Crippen LogP contribution is 2.17. The van der Waals surface area contributed by atoms with Gasteiger partial charge in [0.2, 0.25) is 0 Å². The van der Waals surface area contributed by atoms with Crippen LogP contribution in [-0.2, 0) is 4.79 Å². The van der Waals surface area contributed by atoms with E-state index in [9.17, 15) is 4.79 Å². The van der Waals surface area contributed by atoms with E-state index in [1.165, 1.54) is 263 Å². The Bertz CT molecular complexity index is 759. The second-order valence-corrected chi connectivity index (χ2v) is 16.9. The van der Waals surface area contributed by atoms with E-state index in [1.54, 1.807) is 0 Å². The zero-order chi connectivity index (χ0) is 38.2. The summed E-state index contributed by atoms with van der Waals surface area (Å²) in [4.78, 5) is 11.5. The van der Waals surface area contributed by atoms with E-state index in [0.717, 1.165) is 24.7 Å². The number of carbonyl (C=O) groups is 1. The molecule has 0 amide bonds. The van der Waals surface area contributed by atoms with E-state index in [4.69, 9.17) is 0 Å². The minimum atomic E-state index is 0.995. The summed E-state index contributed by atoms with van der Waals surface area (Å²) in [6, 6.07) is 0. The number of unbranched alkanes of at least 4 members (excludes halogenated alkanes) is 38. The van der Waals surface area contributed by atoms with Crippen LogP contribution in [0.5, 0.6) is 0 Å². The predicted octanol–water partition coefficient (Wildman–Crippen LogP) is 19.0. The van der Waals surface area contributed by atoms with Gasteiger partial charge in [0.1, 0.15) is 6.29 Å². The molecule has 0 aliphatic heterocycles. The zero-order valence-electron chi connectivity index (χ0n) is 36.8. The van der Waals surface area contributed by atoms with Crippen molar-refractivity contribution in [3.63, 3.8) is 0 Å². The molecule has 312 valence electrons. The first kappa shape index (κ1) is 51.9. The van der Waals surface area contributed by atoms with Crippen LogP contribution in [0.2, 0.25) is 0 Å². The van der Waals surface area contributed by atoms with Crippen molar-refractivity contribution in [3.8, 4) is 0 Å². The molecule has 0 saturated carbocycles. The summed E-state index contributed by atoms with van der Waals surface area (Å²) in [5, 5.41) is 0. The Morgan fingerprint density at radius 2 is 0.509 bits per heavy atom. The average Bonchev–Trinajstić information content (AvgIpc) is 3.17. The quantitative estimate of drug-likeness (QED) is 0.0263. The summed E-state index contributed by atoms with van der Waals surface area (Å²) in [5.41, 5.74) is 1.06. The number of carbonyl (C=O) groups excluding carboxylic acids is 1. The highest BCUT2D eigenvalue weighted by atomic mass is 16.1. The molecule has 0 N–H and O–H groups in total. The molecule has 1 heteroatoms. The molecule has 0 aliphatic rings. The lowest BCUT2D eigenvalue weighted by atomic mass is 10.0. The van der Waals surface area contributed by atoms with Gasteiger partial charge < -0.3 is 0 Å². The Morgan fingerprint density at radius 1 is 0.283 bits per heavy atom. The van der Waals surface area contributed by atoms with Crippen molar-refractivity contribution in [3.05, 3.63) is 36.0 Å². The first-order valence-corrected chi connectivity index (χ1v) is 24.8. The van der Waals surface area contributed by atoms with Crippen LogP contribution in [0.15, 0.2) is 36.0 Å². The molecule has 0 unspecified atom stereocenters. The highest BCUT2D eigenvalue weighted by molar-refractivity contribution is 5.72. The maximum absolute atomic E-state index is 11.5. The van der Waals surface area contributed by atoms with Gasteiger partial charge in [-0.3, -0.25) is 4.79 Å². The van der Waals surface area contributed by atoms with E-state index in [2.05, 4.69) is 44.2 Å². The van der Waals surface area contributed by atoms with E-state index < -0.39 is 0 Å². The Kier molecular flexibility index (Phi) is 47.9. The van der Waals surface area contributed by atoms with Crippen LogP contribution in [0.3, 0.4) is 0 Å². The summed E-state index contributed by atoms with van der Waals surface area (Å²) in [6.07, 6.45) is 72.0. The summed E-state index contributed by atoms with van der Waals surface area (Å²) < 4.78 is 0. The molecule has 0 heterocycles. The van der Waals surface area contributed by atoms with Crippen LogP contribution < -0.4 is 0 Å². The molecule has 0 atom stereocenters. The van der Waals surface area contributed by atoms with Crippen molar-refractivity contribution in [1.29, 1.82) is 0 Å². The van der Waals surface area contributed by atoms with Gasteiger partial charge >= 0.3 is 0 Å². The van der Waals surface area contributed by atoms with E-state index in [0.29, 0.717) is 0 Å². The van der Waals surface area contributed by atoms with Crippen molar-refractivity contribution in [2.45, 2.75) is 290 Å². The third kappa shape index (κ3) is 47.0.